The lowest BCUT2D eigenvalue weighted by Crippen LogP contribution is -2.40. The van der Waals surface area contributed by atoms with E-state index in [2.05, 4.69) is 22.1 Å². The van der Waals surface area contributed by atoms with Crippen molar-refractivity contribution < 1.29 is 9.47 Å². The van der Waals surface area contributed by atoms with Crippen LogP contribution in [0.4, 0.5) is 0 Å². The highest BCUT2D eigenvalue weighted by atomic mass is 16.5. The van der Waals surface area contributed by atoms with E-state index in [0.29, 0.717) is 18.3 Å². The van der Waals surface area contributed by atoms with Crippen molar-refractivity contribution in [1.29, 1.82) is 0 Å². The predicted molar refractivity (Wildman–Crippen MR) is 98.8 cm³/mol. The molecule has 2 fully saturated rings. The first-order chi connectivity index (χ1) is 12.3. The fraction of sp³-hybridized carbons (Fsp3) is 0.684. The molecule has 1 aromatic heterocycles. The van der Waals surface area contributed by atoms with Crippen LogP contribution in [-0.4, -0.2) is 55.8 Å². The van der Waals surface area contributed by atoms with Crippen molar-refractivity contribution in [2.24, 2.45) is 16.8 Å². The van der Waals surface area contributed by atoms with E-state index in [1.807, 2.05) is 18.3 Å². The number of aromatic nitrogens is 1. The minimum atomic E-state index is 0.595. The van der Waals surface area contributed by atoms with Crippen LogP contribution < -0.4 is 10.1 Å². The van der Waals surface area contributed by atoms with E-state index in [4.69, 9.17) is 14.5 Å². The second-order valence-electron chi connectivity index (χ2n) is 6.98. The van der Waals surface area contributed by atoms with Crippen molar-refractivity contribution in [3.63, 3.8) is 0 Å². The summed E-state index contributed by atoms with van der Waals surface area (Å²) in [6.07, 6.45) is 5.54. The molecule has 1 aliphatic carbocycles. The van der Waals surface area contributed by atoms with Gasteiger partial charge in [0.15, 0.2) is 5.96 Å². The van der Waals surface area contributed by atoms with Crippen molar-refractivity contribution in [3.05, 3.63) is 23.9 Å². The summed E-state index contributed by atoms with van der Waals surface area (Å²) in [5, 5.41) is 3.41. The Balaban J connectivity index is 1.58. The number of methoxy groups -OCH3 is 1. The number of aliphatic imine (C=N–C) groups is 1. The quantitative estimate of drug-likeness (QED) is 0.578. The van der Waals surface area contributed by atoms with Gasteiger partial charge in [0, 0.05) is 44.9 Å². The molecule has 2 aliphatic rings. The zero-order chi connectivity index (χ0) is 17.5. The van der Waals surface area contributed by atoms with Crippen LogP contribution in [0, 0.1) is 11.8 Å². The van der Waals surface area contributed by atoms with Gasteiger partial charge in [0.05, 0.1) is 19.8 Å². The molecule has 25 heavy (non-hydrogen) atoms. The van der Waals surface area contributed by atoms with Gasteiger partial charge in [0.25, 0.3) is 0 Å². The number of hydrogen-bond donors (Lipinski definition) is 1. The van der Waals surface area contributed by atoms with Crippen LogP contribution in [0.5, 0.6) is 5.88 Å². The van der Waals surface area contributed by atoms with Gasteiger partial charge in [-0.05, 0) is 43.7 Å². The Morgan fingerprint density at radius 1 is 1.32 bits per heavy atom. The fourth-order valence-electron chi connectivity index (χ4n) is 3.10. The molecule has 138 valence electrons. The van der Waals surface area contributed by atoms with Gasteiger partial charge in [-0.2, -0.15) is 0 Å². The molecule has 0 radical (unpaired) electrons. The molecule has 0 aromatic carbocycles. The predicted octanol–water partition coefficient (Wildman–Crippen LogP) is 2.30. The maximum Gasteiger partial charge on any atom is 0.213 e. The first-order valence-corrected chi connectivity index (χ1v) is 9.38. The normalized spacial score (nSPS) is 20.8. The molecule has 0 spiro atoms. The van der Waals surface area contributed by atoms with Crippen LogP contribution in [0.2, 0.25) is 0 Å². The summed E-state index contributed by atoms with van der Waals surface area (Å²) < 4.78 is 11.1. The number of pyridine rings is 1. The Labute approximate surface area is 150 Å². The number of nitrogens with one attached hydrogen (secondary N) is 1. The van der Waals surface area contributed by atoms with Crippen LogP contribution in [0.25, 0.3) is 0 Å². The highest BCUT2D eigenvalue weighted by Crippen LogP contribution is 2.29. The highest BCUT2D eigenvalue weighted by Gasteiger charge is 2.24. The molecule has 0 bridgehead atoms. The van der Waals surface area contributed by atoms with Gasteiger partial charge in [-0.1, -0.05) is 0 Å². The van der Waals surface area contributed by atoms with Crippen LogP contribution >= 0.6 is 0 Å². The standard InChI is InChI=1S/C19H30N4O2/c1-3-20-19(23-9-7-17(12-23)13-24-2)22-11-16-6-8-21-18(10-16)25-14-15-4-5-15/h6,8,10,15,17H,3-5,7,9,11-14H2,1-2H3,(H,20,22). The monoisotopic (exact) mass is 346 g/mol. The maximum absolute atomic E-state index is 5.77. The Morgan fingerprint density at radius 2 is 2.20 bits per heavy atom. The van der Waals surface area contributed by atoms with E-state index < -0.39 is 0 Å². The minimum Gasteiger partial charge on any atom is -0.477 e. The van der Waals surface area contributed by atoms with Gasteiger partial charge in [-0.15, -0.1) is 0 Å². The molecule has 1 unspecified atom stereocenters. The highest BCUT2D eigenvalue weighted by molar-refractivity contribution is 5.80. The largest absolute Gasteiger partial charge is 0.477 e. The van der Waals surface area contributed by atoms with Gasteiger partial charge < -0.3 is 19.7 Å². The molecule has 1 saturated carbocycles. The zero-order valence-electron chi connectivity index (χ0n) is 15.4. The summed E-state index contributed by atoms with van der Waals surface area (Å²) in [5.74, 6) is 3.03. The molecule has 1 atom stereocenters. The second-order valence-corrected chi connectivity index (χ2v) is 6.98. The minimum absolute atomic E-state index is 0.595. The van der Waals surface area contributed by atoms with Crippen LogP contribution in [0.15, 0.2) is 23.3 Å². The lowest BCUT2D eigenvalue weighted by Gasteiger charge is -2.21. The average Bonchev–Trinajstić information content (AvgIpc) is 3.35. The summed E-state index contributed by atoms with van der Waals surface area (Å²) in [7, 11) is 1.77. The summed E-state index contributed by atoms with van der Waals surface area (Å²) >= 11 is 0. The van der Waals surface area contributed by atoms with E-state index in [1.54, 1.807) is 7.11 Å². The van der Waals surface area contributed by atoms with Crippen molar-refractivity contribution in [3.8, 4) is 5.88 Å². The number of rotatable bonds is 8. The van der Waals surface area contributed by atoms with Crippen molar-refractivity contribution in [1.82, 2.24) is 15.2 Å². The summed E-state index contributed by atoms with van der Waals surface area (Å²) in [6, 6.07) is 4.02. The lowest BCUT2D eigenvalue weighted by molar-refractivity contribution is 0.157. The molecule has 1 aliphatic heterocycles. The van der Waals surface area contributed by atoms with E-state index in [1.165, 1.54) is 12.8 Å². The van der Waals surface area contributed by atoms with Gasteiger partial charge in [0.1, 0.15) is 0 Å². The zero-order valence-corrected chi connectivity index (χ0v) is 15.4. The molecule has 6 nitrogen and oxygen atoms in total. The molecule has 0 amide bonds. The number of ether oxygens (including phenoxy) is 2. The molecule has 1 saturated heterocycles. The Bertz CT molecular complexity index is 574. The Morgan fingerprint density at radius 3 is 2.96 bits per heavy atom. The van der Waals surface area contributed by atoms with Crippen LogP contribution in [0.3, 0.4) is 0 Å². The number of likely N-dealkylation sites (tertiary alicyclic amines) is 1. The smallest absolute Gasteiger partial charge is 0.213 e. The SMILES string of the molecule is CCNC(=NCc1ccnc(OCC2CC2)c1)N1CCC(COC)C1. The third-order valence-corrected chi connectivity index (χ3v) is 4.70. The first-order valence-electron chi connectivity index (χ1n) is 9.38. The van der Waals surface area contributed by atoms with Gasteiger partial charge in [-0.25, -0.2) is 9.98 Å². The number of hydrogen-bond acceptors (Lipinski definition) is 4. The Hall–Kier alpha value is -1.82. The maximum atomic E-state index is 5.77. The van der Waals surface area contributed by atoms with Crippen molar-refractivity contribution in [2.45, 2.75) is 32.7 Å². The van der Waals surface area contributed by atoms with Crippen molar-refractivity contribution >= 4 is 5.96 Å². The van der Waals surface area contributed by atoms with Gasteiger partial charge in [0.2, 0.25) is 5.88 Å². The molecule has 1 N–H and O–H groups in total. The van der Waals surface area contributed by atoms with E-state index in [0.717, 1.165) is 56.7 Å². The molecule has 2 heterocycles. The number of nitrogens with zero attached hydrogens (tertiary/aromatic N) is 3. The summed E-state index contributed by atoms with van der Waals surface area (Å²) in [4.78, 5) is 11.4. The third kappa shape index (κ3) is 5.59. The summed E-state index contributed by atoms with van der Waals surface area (Å²) in [5.41, 5.74) is 1.13. The Kier molecular flexibility index (Phi) is 6.50. The van der Waals surface area contributed by atoms with E-state index in [-0.39, 0.29) is 0 Å². The van der Waals surface area contributed by atoms with Gasteiger partial charge in [-0.3, -0.25) is 0 Å². The topological polar surface area (TPSA) is 59.0 Å². The molecule has 1 aromatic rings. The molecule has 3 rings (SSSR count). The van der Waals surface area contributed by atoms with Crippen LogP contribution in [-0.2, 0) is 11.3 Å². The summed E-state index contributed by atoms with van der Waals surface area (Å²) in [6.45, 7) is 7.26. The molecular weight excluding hydrogens is 316 g/mol. The van der Waals surface area contributed by atoms with E-state index >= 15 is 0 Å². The van der Waals surface area contributed by atoms with Gasteiger partial charge >= 0.3 is 0 Å². The first kappa shape index (κ1) is 18.0. The average molecular weight is 346 g/mol. The lowest BCUT2D eigenvalue weighted by atomic mass is 10.1. The number of guanidine groups is 1. The molecule has 6 heteroatoms. The third-order valence-electron chi connectivity index (χ3n) is 4.70. The van der Waals surface area contributed by atoms with Crippen LogP contribution in [0.1, 0.15) is 31.7 Å². The second kappa shape index (κ2) is 9.04. The fourth-order valence-corrected chi connectivity index (χ4v) is 3.10. The van der Waals surface area contributed by atoms with Crippen molar-refractivity contribution in [2.75, 3.05) is 40.0 Å². The van der Waals surface area contributed by atoms with E-state index in [9.17, 15) is 0 Å². The molecular formula is C19H30N4O2.